The molecule has 0 unspecified atom stereocenters. The van der Waals surface area contributed by atoms with E-state index in [1.807, 2.05) is 27.3 Å². The summed E-state index contributed by atoms with van der Waals surface area (Å²) in [5, 5.41) is 14.6. The summed E-state index contributed by atoms with van der Waals surface area (Å²) in [6.45, 7) is 11.5. The van der Waals surface area contributed by atoms with Crippen molar-refractivity contribution in [3.05, 3.63) is 106 Å². The average molecular weight is 535 g/mol. The first-order valence-electron chi connectivity index (χ1n) is 14.2. The van der Waals surface area contributed by atoms with Crippen molar-refractivity contribution in [2.75, 3.05) is 0 Å². The standard InChI is InChI=1S/C33H38N6O/c1-6-11-25-13-10-16-29(33(3,4)5)30(25)39-22-26(12-7-2)38(32(39)40)21-23-17-19-24(20-18-23)27-14-8-9-15-28(27)31-34-36-37-35-31/h8-10,13-20,22H,6-7,11-12,21H2,1-5H3,(H,34,35,36,37). The maximum Gasteiger partial charge on any atom is 0.333 e. The second-order valence-electron chi connectivity index (χ2n) is 11.4. The van der Waals surface area contributed by atoms with Gasteiger partial charge in [0.2, 0.25) is 5.82 Å². The molecule has 40 heavy (non-hydrogen) atoms. The van der Waals surface area contributed by atoms with Gasteiger partial charge in [0.25, 0.3) is 0 Å². The lowest BCUT2D eigenvalue weighted by molar-refractivity contribution is 0.583. The molecule has 0 saturated heterocycles. The Morgan fingerprint density at radius 2 is 1.57 bits per heavy atom. The Morgan fingerprint density at radius 3 is 2.23 bits per heavy atom. The van der Waals surface area contributed by atoms with E-state index in [-0.39, 0.29) is 11.1 Å². The molecule has 0 saturated carbocycles. The zero-order valence-corrected chi connectivity index (χ0v) is 24.1. The van der Waals surface area contributed by atoms with Gasteiger partial charge in [0.1, 0.15) is 0 Å². The molecule has 0 aliphatic heterocycles. The fraction of sp³-hybridized carbons (Fsp3) is 0.333. The number of rotatable bonds is 9. The Morgan fingerprint density at radius 1 is 0.850 bits per heavy atom. The number of tetrazole rings is 1. The summed E-state index contributed by atoms with van der Waals surface area (Å²) >= 11 is 0. The Bertz CT molecular complexity index is 1640. The molecular weight excluding hydrogens is 496 g/mol. The second kappa shape index (κ2) is 11.5. The van der Waals surface area contributed by atoms with E-state index >= 15 is 0 Å². The molecule has 0 aliphatic carbocycles. The van der Waals surface area contributed by atoms with E-state index in [0.29, 0.717) is 12.4 Å². The first-order chi connectivity index (χ1) is 19.3. The predicted molar refractivity (Wildman–Crippen MR) is 161 cm³/mol. The van der Waals surface area contributed by atoms with E-state index in [1.54, 1.807) is 0 Å². The number of imidazole rings is 1. The Hall–Kier alpha value is -4.26. The van der Waals surface area contributed by atoms with Crippen molar-refractivity contribution < 1.29 is 0 Å². The van der Waals surface area contributed by atoms with Gasteiger partial charge in [-0.25, -0.2) is 4.79 Å². The van der Waals surface area contributed by atoms with Crippen LogP contribution in [0.15, 0.2) is 77.7 Å². The fourth-order valence-corrected chi connectivity index (χ4v) is 5.44. The van der Waals surface area contributed by atoms with E-state index in [1.165, 1.54) is 11.1 Å². The third kappa shape index (κ3) is 5.41. The molecule has 0 spiro atoms. The molecule has 0 radical (unpaired) electrons. The Balaban J connectivity index is 1.53. The third-order valence-electron chi connectivity index (χ3n) is 7.37. The van der Waals surface area contributed by atoms with Crippen LogP contribution in [0.3, 0.4) is 0 Å². The lowest BCUT2D eigenvalue weighted by Gasteiger charge is -2.25. The summed E-state index contributed by atoms with van der Waals surface area (Å²) in [5.74, 6) is 0.565. The van der Waals surface area contributed by atoms with Crippen LogP contribution in [-0.4, -0.2) is 29.8 Å². The largest absolute Gasteiger partial charge is 0.333 e. The number of aryl methyl sites for hydroxylation is 2. The molecular formula is C33H38N6O. The van der Waals surface area contributed by atoms with E-state index in [2.05, 4.69) is 110 Å². The second-order valence-corrected chi connectivity index (χ2v) is 11.4. The smallest absolute Gasteiger partial charge is 0.292 e. The molecule has 5 rings (SSSR count). The van der Waals surface area contributed by atoms with E-state index in [9.17, 15) is 4.79 Å². The molecule has 7 nitrogen and oxygen atoms in total. The SMILES string of the molecule is CCCc1cccc(C(C)(C)C)c1-n1cc(CCC)n(Cc2ccc(-c3ccccc3-c3nn[nH]n3)cc2)c1=O. The summed E-state index contributed by atoms with van der Waals surface area (Å²) in [6.07, 6.45) is 5.86. The number of nitrogens with one attached hydrogen (secondary N) is 1. The summed E-state index contributed by atoms with van der Waals surface area (Å²) < 4.78 is 3.85. The van der Waals surface area contributed by atoms with Gasteiger partial charge in [-0.3, -0.25) is 9.13 Å². The number of benzene rings is 3. The van der Waals surface area contributed by atoms with Gasteiger partial charge in [-0.2, -0.15) is 5.21 Å². The van der Waals surface area contributed by atoms with Crippen LogP contribution in [-0.2, 0) is 24.8 Å². The number of para-hydroxylation sites is 1. The van der Waals surface area contributed by atoms with Gasteiger partial charge in [-0.05, 0) is 51.3 Å². The number of aromatic amines is 1. The molecule has 0 amide bonds. The highest BCUT2D eigenvalue weighted by atomic mass is 16.1. The number of nitrogens with zero attached hydrogens (tertiary/aromatic N) is 5. The van der Waals surface area contributed by atoms with E-state index in [0.717, 1.165) is 59.3 Å². The lowest BCUT2D eigenvalue weighted by atomic mass is 9.84. The van der Waals surface area contributed by atoms with Crippen molar-refractivity contribution in [1.82, 2.24) is 29.8 Å². The van der Waals surface area contributed by atoms with Crippen molar-refractivity contribution in [2.45, 2.75) is 72.3 Å². The highest BCUT2D eigenvalue weighted by molar-refractivity contribution is 5.80. The normalized spacial score (nSPS) is 11.7. The minimum Gasteiger partial charge on any atom is -0.292 e. The van der Waals surface area contributed by atoms with Gasteiger partial charge in [0, 0.05) is 17.5 Å². The van der Waals surface area contributed by atoms with Gasteiger partial charge < -0.3 is 0 Å². The highest BCUT2D eigenvalue weighted by Crippen LogP contribution is 2.32. The first-order valence-corrected chi connectivity index (χ1v) is 14.2. The average Bonchev–Trinajstić information content (AvgIpc) is 3.58. The lowest BCUT2D eigenvalue weighted by Crippen LogP contribution is -2.27. The molecule has 0 bridgehead atoms. The van der Waals surface area contributed by atoms with Gasteiger partial charge in [0.05, 0.1) is 12.2 Å². The van der Waals surface area contributed by atoms with Crippen LogP contribution in [0.1, 0.15) is 69.8 Å². The highest BCUT2D eigenvalue weighted by Gasteiger charge is 2.24. The third-order valence-corrected chi connectivity index (χ3v) is 7.37. The zero-order valence-electron chi connectivity index (χ0n) is 24.1. The molecule has 2 aromatic heterocycles. The van der Waals surface area contributed by atoms with Crippen molar-refractivity contribution in [2.24, 2.45) is 0 Å². The molecule has 0 fully saturated rings. The van der Waals surface area contributed by atoms with Gasteiger partial charge >= 0.3 is 5.69 Å². The summed E-state index contributed by atoms with van der Waals surface area (Å²) in [6, 6.07) is 22.9. The Kier molecular flexibility index (Phi) is 7.83. The van der Waals surface area contributed by atoms with Gasteiger partial charge in [-0.1, -0.05) is 114 Å². The topological polar surface area (TPSA) is 81.4 Å². The maximum atomic E-state index is 14.1. The van der Waals surface area contributed by atoms with Crippen LogP contribution < -0.4 is 5.69 Å². The molecule has 5 aromatic rings. The van der Waals surface area contributed by atoms with Crippen LogP contribution in [0.25, 0.3) is 28.2 Å². The number of hydrogen-bond donors (Lipinski definition) is 1. The molecule has 0 aliphatic rings. The van der Waals surface area contributed by atoms with Crippen molar-refractivity contribution in [1.29, 1.82) is 0 Å². The maximum absolute atomic E-state index is 14.1. The number of aromatic nitrogens is 6. The van der Waals surface area contributed by atoms with Gasteiger partial charge in [-0.15, -0.1) is 10.2 Å². The minimum absolute atomic E-state index is 0.0176. The van der Waals surface area contributed by atoms with Crippen molar-refractivity contribution >= 4 is 0 Å². The molecule has 7 heteroatoms. The summed E-state index contributed by atoms with van der Waals surface area (Å²) in [4.78, 5) is 14.1. The Labute approximate surface area is 235 Å². The van der Waals surface area contributed by atoms with Crippen LogP contribution in [0.4, 0.5) is 0 Å². The monoisotopic (exact) mass is 534 g/mol. The predicted octanol–water partition coefficient (Wildman–Crippen LogP) is 6.74. The van der Waals surface area contributed by atoms with Gasteiger partial charge in [0.15, 0.2) is 0 Å². The molecule has 3 aromatic carbocycles. The molecule has 206 valence electrons. The quantitative estimate of drug-likeness (QED) is 0.227. The zero-order chi connectivity index (χ0) is 28.3. The summed E-state index contributed by atoms with van der Waals surface area (Å²) in [7, 11) is 0. The first kappa shape index (κ1) is 27.3. The van der Waals surface area contributed by atoms with Crippen molar-refractivity contribution in [3.63, 3.8) is 0 Å². The van der Waals surface area contributed by atoms with E-state index < -0.39 is 0 Å². The molecule has 2 heterocycles. The van der Waals surface area contributed by atoms with Crippen LogP contribution >= 0.6 is 0 Å². The van der Waals surface area contributed by atoms with Crippen LogP contribution in [0.2, 0.25) is 0 Å². The van der Waals surface area contributed by atoms with Crippen molar-refractivity contribution in [3.8, 4) is 28.2 Å². The fourth-order valence-electron chi connectivity index (χ4n) is 5.44. The molecule has 0 atom stereocenters. The molecule has 1 N–H and O–H groups in total. The minimum atomic E-state index is -0.0842. The van der Waals surface area contributed by atoms with Crippen LogP contribution in [0.5, 0.6) is 0 Å². The summed E-state index contributed by atoms with van der Waals surface area (Å²) in [5.41, 5.74) is 8.56. The van der Waals surface area contributed by atoms with Crippen LogP contribution in [0, 0.1) is 0 Å². The van der Waals surface area contributed by atoms with E-state index in [4.69, 9.17) is 0 Å². The number of hydrogen-bond acceptors (Lipinski definition) is 4. The number of H-pyrrole nitrogens is 1.